The van der Waals surface area contributed by atoms with Gasteiger partial charge in [-0.15, -0.1) is 0 Å². The number of rotatable bonds is 8. The lowest BCUT2D eigenvalue weighted by Gasteiger charge is -2.22. The third-order valence-corrected chi connectivity index (χ3v) is 2.94. The van der Waals surface area contributed by atoms with E-state index in [1.54, 1.807) is 13.2 Å². The van der Waals surface area contributed by atoms with Crippen molar-refractivity contribution in [1.29, 1.82) is 0 Å². The van der Waals surface area contributed by atoms with Gasteiger partial charge in [-0.2, -0.15) is 0 Å². The summed E-state index contributed by atoms with van der Waals surface area (Å²) in [6, 6.07) is 0. The number of carbonyl (C=O) groups excluding carboxylic acids is 1. The first-order valence-electron chi connectivity index (χ1n) is 6.63. The zero-order chi connectivity index (χ0) is 14.4. The molecule has 1 saturated carbocycles. The Kier molecular flexibility index (Phi) is 5.82. The normalized spacial score (nSPS) is 15.2. The minimum atomic E-state index is -0.981. The summed E-state index contributed by atoms with van der Waals surface area (Å²) in [6.07, 6.45) is 5.14. The molecule has 0 radical (unpaired) electrons. The average Bonchev–Trinajstić information content (AvgIpc) is 3.09. The van der Waals surface area contributed by atoms with Crippen molar-refractivity contribution in [3.63, 3.8) is 0 Å². The Morgan fingerprint density at radius 1 is 1.42 bits per heavy atom. The Balaban J connectivity index is 2.77. The summed E-state index contributed by atoms with van der Waals surface area (Å²) in [7, 11) is 1.64. The molecule has 19 heavy (non-hydrogen) atoms. The topological polar surface area (TPSA) is 86.9 Å². The van der Waals surface area contributed by atoms with Crippen molar-refractivity contribution < 1.29 is 14.7 Å². The van der Waals surface area contributed by atoms with E-state index in [0.29, 0.717) is 24.5 Å². The SMILES string of the molecule is CCC/C(=C\N(C)N)C(=O)N(CC(=O)O)CC1CC1. The van der Waals surface area contributed by atoms with Gasteiger partial charge >= 0.3 is 5.97 Å². The van der Waals surface area contributed by atoms with Crippen LogP contribution >= 0.6 is 0 Å². The van der Waals surface area contributed by atoms with Gasteiger partial charge < -0.3 is 15.0 Å². The third kappa shape index (κ3) is 5.74. The quantitative estimate of drug-likeness (QED) is 0.386. The Bertz CT molecular complexity index is 362. The first kappa shape index (κ1) is 15.5. The average molecular weight is 269 g/mol. The number of hydrogen-bond donors (Lipinski definition) is 2. The maximum atomic E-state index is 12.4. The largest absolute Gasteiger partial charge is 0.480 e. The summed E-state index contributed by atoms with van der Waals surface area (Å²) in [5.74, 6) is 4.81. The van der Waals surface area contributed by atoms with E-state index < -0.39 is 5.97 Å². The minimum Gasteiger partial charge on any atom is -0.480 e. The van der Waals surface area contributed by atoms with Crippen LogP contribution in [0.1, 0.15) is 32.6 Å². The number of amides is 1. The smallest absolute Gasteiger partial charge is 0.323 e. The van der Waals surface area contributed by atoms with Crippen molar-refractivity contribution in [1.82, 2.24) is 9.91 Å². The zero-order valence-electron chi connectivity index (χ0n) is 11.6. The van der Waals surface area contributed by atoms with E-state index in [1.807, 2.05) is 6.92 Å². The van der Waals surface area contributed by atoms with Crippen molar-refractivity contribution >= 4 is 11.9 Å². The summed E-state index contributed by atoms with van der Waals surface area (Å²) in [4.78, 5) is 24.7. The molecule has 1 aliphatic carbocycles. The van der Waals surface area contributed by atoms with Crippen molar-refractivity contribution in [2.45, 2.75) is 32.6 Å². The van der Waals surface area contributed by atoms with Gasteiger partial charge in [-0.3, -0.25) is 9.59 Å². The van der Waals surface area contributed by atoms with Crippen LogP contribution in [0.2, 0.25) is 0 Å². The first-order valence-corrected chi connectivity index (χ1v) is 6.63. The molecule has 0 heterocycles. The molecule has 1 fully saturated rings. The molecular formula is C13H23N3O3. The summed E-state index contributed by atoms with van der Waals surface area (Å²) >= 11 is 0. The molecule has 0 bridgehead atoms. The Morgan fingerprint density at radius 3 is 2.47 bits per heavy atom. The van der Waals surface area contributed by atoms with E-state index in [9.17, 15) is 9.59 Å². The van der Waals surface area contributed by atoms with E-state index >= 15 is 0 Å². The highest BCUT2D eigenvalue weighted by atomic mass is 16.4. The second-order valence-electron chi connectivity index (χ2n) is 5.09. The molecule has 0 aromatic heterocycles. The molecule has 0 aliphatic heterocycles. The lowest BCUT2D eigenvalue weighted by molar-refractivity contribution is -0.143. The van der Waals surface area contributed by atoms with Crippen LogP contribution in [0.4, 0.5) is 0 Å². The van der Waals surface area contributed by atoms with Gasteiger partial charge in [0.25, 0.3) is 5.91 Å². The highest BCUT2D eigenvalue weighted by molar-refractivity contribution is 5.95. The Hall–Kier alpha value is -1.56. The molecule has 0 unspecified atom stereocenters. The maximum absolute atomic E-state index is 12.4. The van der Waals surface area contributed by atoms with Gasteiger partial charge in [-0.25, -0.2) is 5.84 Å². The Morgan fingerprint density at radius 2 is 2.05 bits per heavy atom. The number of aliphatic carboxylic acids is 1. The minimum absolute atomic E-state index is 0.214. The summed E-state index contributed by atoms with van der Waals surface area (Å²) in [5, 5.41) is 10.2. The number of carbonyl (C=O) groups is 2. The number of carboxylic acid groups (broad SMARTS) is 1. The second kappa shape index (κ2) is 7.13. The molecule has 0 aromatic carbocycles. The predicted octanol–water partition coefficient (Wildman–Crippen LogP) is 0.799. The highest BCUT2D eigenvalue weighted by Gasteiger charge is 2.29. The van der Waals surface area contributed by atoms with E-state index in [4.69, 9.17) is 10.9 Å². The highest BCUT2D eigenvalue weighted by Crippen LogP contribution is 2.30. The molecule has 1 aliphatic rings. The molecule has 0 atom stereocenters. The van der Waals surface area contributed by atoms with E-state index in [1.165, 1.54) is 9.91 Å². The van der Waals surface area contributed by atoms with Crippen molar-refractivity contribution in [3.8, 4) is 0 Å². The molecule has 108 valence electrons. The number of carboxylic acids is 1. The van der Waals surface area contributed by atoms with Crippen molar-refractivity contribution in [3.05, 3.63) is 11.8 Å². The summed E-state index contributed by atoms with van der Waals surface area (Å²) in [6.45, 7) is 2.26. The van der Waals surface area contributed by atoms with Crippen LogP contribution < -0.4 is 5.84 Å². The Labute approximate surface area is 113 Å². The van der Waals surface area contributed by atoms with Gasteiger partial charge in [-0.05, 0) is 25.2 Å². The van der Waals surface area contributed by atoms with Crippen LogP contribution in [0, 0.1) is 5.92 Å². The van der Waals surface area contributed by atoms with Gasteiger partial charge in [0.1, 0.15) is 6.54 Å². The molecule has 6 nitrogen and oxygen atoms in total. The molecular weight excluding hydrogens is 246 g/mol. The van der Waals surface area contributed by atoms with Crippen molar-refractivity contribution in [2.75, 3.05) is 20.1 Å². The van der Waals surface area contributed by atoms with Crippen molar-refractivity contribution in [2.24, 2.45) is 11.8 Å². The lowest BCUT2D eigenvalue weighted by atomic mass is 10.1. The number of hydrazine groups is 1. The van der Waals surface area contributed by atoms with E-state index in [-0.39, 0.29) is 12.5 Å². The molecule has 6 heteroatoms. The zero-order valence-corrected chi connectivity index (χ0v) is 11.6. The molecule has 0 aromatic rings. The van der Waals surface area contributed by atoms with Crippen LogP contribution in [-0.4, -0.2) is 47.0 Å². The summed E-state index contributed by atoms with van der Waals surface area (Å²) < 4.78 is 0. The van der Waals surface area contributed by atoms with Crippen LogP contribution in [0.5, 0.6) is 0 Å². The van der Waals surface area contributed by atoms with E-state index in [0.717, 1.165) is 19.3 Å². The van der Waals surface area contributed by atoms with Gasteiger partial charge in [0.15, 0.2) is 0 Å². The monoisotopic (exact) mass is 269 g/mol. The number of nitrogens with two attached hydrogens (primary N) is 1. The third-order valence-electron chi connectivity index (χ3n) is 2.94. The fourth-order valence-corrected chi connectivity index (χ4v) is 1.94. The van der Waals surface area contributed by atoms with Gasteiger partial charge in [-0.1, -0.05) is 13.3 Å². The fraction of sp³-hybridized carbons (Fsp3) is 0.692. The summed E-state index contributed by atoms with van der Waals surface area (Å²) in [5.41, 5.74) is 0.564. The second-order valence-corrected chi connectivity index (χ2v) is 5.09. The van der Waals surface area contributed by atoms with Crippen LogP contribution in [0.3, 0.4) is 0 Å². The van der Waals surface area contributed by atoms with Crippen LogP contribution in [0.25, 0.3) is 0 Å². The molecule has 1 amide bonds. The first-order chi connectivity index (χ1) is 8.93. The van der Waals surface area contributed by atoms with Gasteiger partial charge in [0, 0.05) is 25.4 Å². The predicted molar refractivity (Wildman–Crippen MR) is 71.9 cm³/mol. The molecule has 1 rings (SSSR count). The molecule has 3 N–H and O–H groups in total. The maximum Gasteiger partial charge on any atom is 0.323 e. The van der Waals surface area contributed by atoms with Crippen LogP contribution in [0.15, 0.2) is 11.8 Å². The van der Waals surface area contributed by atoms with Crippen LogP contribution in [-0.2, 0) is 9.59 Å². The standard InChI is InChI=1S/C13H23N3O3/c1-3-4-11(8-15(2)14)13(19)16(9-12(17)18)7-10-5-6-10/h8,10H,3-7,9,14H2,1-2H3,(H,17,18)/b11-8+. The fourth-order valence-electron chi connectivity index (χ4n) is 1.94. The van der Waals surface area contributed by atoms with Gasteiger partial charge in [0.05, 0.1) is 0 Å². The number of nitrogens with zero attached hydrogens (tertiary/aromatic N) is 2. The number of hydrogen-bond acceptors (Lipinski definition) is 4. The molecule has 0 spiro atoms. The van der Waals surface area contributed by atoms with E-state index in [2.05, 4.69) is 0 Å². The van der Waals surface area contributed by atoms with Gasteiger partial charge in [0.2, 0.25) is 0 Å². The molecule has 0 saturated heterocycles. The lowest BCUT2D eigenvalue weighted by Crippen LogP contribution is -2.38.